The van der Waals surface area contributed by atoms with Crippen LogP contribution in [0.2, 0.25) is 0 Å². The summed E-state index contributed by atoms with van der Waals surface area (Å²) in [6.45, 7) is 6.24. The van der Waals surface area contributed by atoms with Crippen LogP contribution in [0.1, 0.15) is 40.0 Å². The van der Waals surface area contributed by atoms with E-state index in [1.54, 1.807) is 10.4 Å². The number of aryl methyl sites for hydroxylation is 5. The number of benzene rings is 3. The second-order valence-electron chi connectivity index (χ2n) is 10.2. The number of pyridine rings is 2. The minimum Gasteiger partial charge on any atom is -0.304 e. The Labute approximate surface area is 248 Å². The SMILES string of the molecule is Cc1c[c-]c(-c2cc(C)c(C)cn2)cc1.[Ir].[c-]1ccc2c3c(sc2c1-c1cc2ccccc2cn1)CCCC3. The third-order valence-electron chi connectivity index (χ3n) is 7.42. The molecule has 0 spiro atoms. The van der Waals surface area contributed by atoms with Gasteiger partial charge in [-0.2, -0.15) is 11.3 Å². The molecule has 1 radical (unpaired) electrons. The summed E-state index contributed by atoms with van der Waals surface area (Å²) in [6, 6.07) is 29.8. The first kappa shape index (κ1) is 27.4. The molecule has 4 heteroatoms. The quantitative estimate of drug-likeness (QED) is 0.168. The maximum absolute atomic E-state index is 4.71. The second-order valence-corrected chi connectivity index (χ2v) is 11.3. The van der Waals surface area contributed by atoms with Crippen LogP contribution in [0.15, 0.2) is 79.1 Å². The van der Waals surface area contributed by atoms with Crippen molar-refractivity contribution in [2.75, 3.05) is 0 Å². The Morgan fingerprint density at radius 3 is 2.36 bits per heavy atom. The number of rotatable bonds is 2. The van der Waals surface area contributed by atoms with E-state index in [4.69, 9.17) is 4.98 Å². The van der Waals surface area contributed by atoms with Crippen LogP contribution in [0.3, 0.4) is 0 Å². The van der Waals surface area contributed by atoms with E-state index in [2.05, 4.69) is 98.6 Å². The molecule has 0 amide bonds. The van der Waals surface area contributed by atoms with Crippen LogP contribution in [0.5, 0.6) is 0 Å². The van der Waals surface area contributed by atoms with Crippen molar-refractivity contribution in [2.24, 2.45) is 0 Å². The van der Waals surface area contributed by atoms with Gasteiger partial charge in [-0.05, 0) is 82.4 Å². The second kappa shape index (κ2) is 11.9. The van der Waals surface area contributed by atoms with Crippen molar-refractivity contribution in [2.45, 2.75) is 46.5 Å². The van der Waals surface area contributed by atoms with Crippen LogP contribution < -0.4 is 0 Å². The first-order valence-corrected chi connectivity index (χ1v) is 14.1. The van der Waals surface area contributed by atoms with Crippen LogP contribution in [0, 0.1) is 32.9 Å². The molecule has 0 aliphatic heterocycles. The zero-order chi connectivity index (χ0) is 26.1. The molecule has 3 aromatic carbocycles. The predicted molar refractivity (Wildman–Crippen MR) is 161 cm³/mol. The van der Waals surface area contributed by atoms with Crippen molar-refractivity contribution in [1.82, 2.24) is 9.97 Å². The third kappa shape index (κ3) is 5.75. The van der Waals surface area contributed by atoms with Gasteiger partial charge < -0.3 is 9.97 Å². The Bertz CT molecular complexity index is 1750. The fourth-order valence-corrected chi connectivity index (χ4v) is 6.47. The number of aromatic nitrogens is 2. The van der Waals surface area contributed by atoms with E-state index >= 15 is 0 Å². The van der Waals surface area contributed by atoms with Crippen molar-refractivity contribution in [3.63, 3.8) is 0 Å². The average Bonchev–Trinajstić information content (AvgIpc) is 3.34. The van der Waals surface area contributed by atoms with Gasteiger partial charge in [0.05, 0.1) is 0 Å². The molecule has 0 atom stereocenters. The van der Waals surface area contributed by atoms with Gasteiger partial charge in [0.15, 0.2) is 0 Å². The van der Waals surface area contributed by atoms with E-state index in [0.29, 0.717) is 0 Å². The van der Waals surface area contributed by atoms with Gasteiger partial charge in [0.1, 0.15) is 0 Å². The first-order valence-electron chi connectivity index (χ1n) is 13.3. The Morgan fingerprint density at radius 1 is 0.769 bits per heavy atom. The average molecular weight is 703 g/mol. The van der Waals surface area contributed by atoms with Crippen LogP contribution in [-0.4, -0.2) is 9.97 Å². The van der Waals surface area contributed by atoms with Gasteiger partial charge in [-0.1, -0.05) is 54.3 Å². The van der Waals surface area contributed by atoms with Crippen molar-refractivity contribution in [1.29, 1.82) is 0 Å². The van der Waals surface area contributed by atoms with Gasteiger partial charge >= 0.3 is 0 Å². The van der Waals surface area contributed by atoms with Crippen LogP contribution >= 0.6 is 11.3 Å². The predicted octanol–water partition coefficient (Wildman–Crippen LogP) is 9.27. The molecule has 0 saturated carbocycles. The smallest absolute Gasteiger partial charge is 0.0239 e. The molecule has 6 aromatic rings. The molecule has 7 rings (SSSR count). The Balaban J connectivity index is 0.000000169. The monoisotopic (exact) mass is 703 g/mol. The summed E-state index contributed by atoms with van der Waals surface area (Å²) < 4.78 is 1.36. The molecule has 1 aliphatic rings. The van der Waals surface area contributed by atoms with Gasteiger partial charge in [-0.3, -0.25) is 0 Å². The number of nitrogens with zero attached hydrogens (tertiary/aromatic N) is 2. The molecule has 0 unspecified atom stereocenters. The number of hydrogen-bond acceptors (Lipinski definition) is 3. The van der Waals surface area contributed by atoms with Crippen molar-refractivity contribution < 1.29 is 20.1 Å². The molecule has 0 fully saturated rings. The molecular weight excluding hydrogens is 673 g/mol. The summed E-state index contributed by atoms with van der Waals surface area (Å²) in [5.74, 6) is 0. The van der Waals surface area contributed by atoms with E-state index in [-0.39, 0.29) is 20.1 Å². The van der Waals surface area contributed by atoms with Crippen LogP contribution in [-0.2, 0) is 32.9 Å². The molecule has 39 heavy (non-hydrogen) atoms. The molecule has 0 bridgehead atoms. The number of fused-ring (bicyclic) bond motifs is 4. The van der Waals surface area contributed by atoms with E-state index in [9.17, 15) is 0 Å². The van der Waals surface area contributed by atoms with E-state index in [1.165, 1.54) is 63.2 Å². The number of thiophene rings is 1. The van der Waals surface area contributed by atoms with Crippen molar-refractivity contribution >= 4 is 32.2 Å². The third-order valence-corrected chi connectivity index (χ3v) is 8.75. The summed E-state index contributed by atoms with van der Waals surface area (Å²) in [5.41, 5.74) is 9.55. The maximum atomic E-state index is 4.71. The molecule has 197 valence electrons. The van der Waals surface area contributed by atoms with Gasteiger partial charge in [0.2, 0.25) is 0 Å². The normalized spacial score (nSPS) is 12.4. The van der Waals surface area contributed by atoms with E-state index in [0.717, 1.165) is 22.5 Å². The van der Waals surface area contributed by atoms with Gasteiger partial charge in [-0.15, -0.1) is 59.2 Å². The molecule has 2 nitrogen and oxygen atoms in total. The van der Waals surface area contributed by atoms with Crippen molar-refractivity contribution in [3.8, 4) is 22.5 Å². The number of hydrogen-bond donors (Lipinski definition) is 0. The summed E-state index contributed by atoms with van der Waals surface area (Å²) in [6.07, 6.45) is 9.00. The standard InChI is InChI=1S/C21H16NS.C14H14N.Ir/c1-2-7-15-13-22-19(12-14(15)6-1)18-10-5-9-17-16-8-3-4-11-20(16)23-21(17)18;1-10-4-6-13(7-5-10)14-8-11(2)12(3)9-15-14;/h1-2,5-7,9,12-13H,3-4,8,11H2;4-6,8-9H,1-3H3;/q2*-1;. The van der Waals surface area contributed by atoms with Crippen LogP contribution in [0.25, 0.3) is 43.4 Å². The molecule has 1 aliphatic carbocycles. The molecule has 3 heterocycles. The summed E-state index contributed by atoms with van der Waals surface area (Å²) >= 11 is 1.96. The fraction of sp³-hybridized carbons (Fsp3) is 0.200. The molecule has 0 N–H and O–H groups in total. The van der Waals surface area contributed by atoms with Gasteiger partial charge in [0, 0.05) is 32.5 Å². The first-order chi connectivity index (χ1) is 18.6. The zero-order valence-electron chi connectivity index (χ0n) is 22.5. The summed E-state index contributed by atoms with van der Waals surface area (Å²) in [4.78, 5) is 10.7. The summed E-state index contributed by atoms with van der Waals surface area (Å²) in [7, 11) is 0. The van der Waals surface area contributed by atoms with Gasteiger partial charge in [0.25, 0.3) is 0 Å². The maximum Gasteiger partial charge on any atom is 0.0239 e. The fourth-order valence-electron chi connectivity index (χ4n) is 5.07. The van der Waals surface area contributed by atoms with Crippen molar-refractivity contribution in [3.05, 3.63) is 118 Å². The zero-order valence-corrected chi connectivity index (χ0v) is 25.7. The minimum atomic E-state index is 0. The van der Waals surface area contributed by atoms with E-state index < -0.39 is 0 Å². The van der Waals surface area contributed by atoms with Gasteiger partial charge in [-0.25, -0.2) is 0 Å². The molecule has 0 saturated heterocycles. The molecular formula is C35H30IrN2S-2. The summed E-state index contributed by atoms with van der Waals surface area (Å²) in [5, 5.41) is 3.85. The molecule has 3 aromatic heterocycles. The Kier molecular flexibility index (Phi) is 8.37. The Morgan fingerprint density at radius 2 is 1.56 bits per heavy atom. The van der Waals surface area contributed by atoms with E-state index in [1.807, 2.05) is 29.8 Å². The van der Waals surface area contributed by atoms with Crippen LogP contribution in [0.4, 0.5) is 0 Å². The topological polar surface area (TPSA) is 25.8 Å². The largest absolute Gasteiger partial charge is 0.304 e. The minimum absolute atomic E-state index is 0. The Hall–Kier alpha value is -3.17.